The van der Waals surface area contributed by atoms with Crippen LogP contribution in [0.4, 0.5) is 16.2 Å². The van der Waals surface area contributed by atoms with E-state index in [0.717, 1.165) is 42.1 Å². The van der Waals surface area contributed by atoms with Gasteiger partial charge in [-0.1, -0.05) is 29.8 Å². The summed E-state index contributed by atoms with van der Waals surface area (Å²) in [6.07, 6.45) is 7.93. The number of carbonyl (C=O) groups is 2. The lowest BCUT2D eigenvalue weighted by atomic mass is 9.68. The number of fused-ring (bicyclic) bond motifs is 4. The maximum absolute atomic E-state index is 13.7. The summed E-state index contributed by atoms with van der Waals surface area (Å²) >= 11 is 3.76. The predicted octanol–water partition coefficient (Wildman–Crippen LogP) is 5.40. The second kappa shape index (κ2) is 12.6. The van der Waals surface area contributed by atoms with Crippen molar-refractivity contribution < 1.29 is 32.6 Å². The Balaban J connectivity index is 1.46. The summed E-state index contributed by atoms with van der Waals surface area (Å²) in [5.74, 6) is 0.355. The normalized spacial score (nSPS) is 29.0. The van der Waals surface area contributed by atoms with Gasteiger partial charge in [0.25, 0.3) is 17.2 Å². The zero-order chi connectivity index (χ0) is 31.9. The van der Waals surface area contributed by atoms with Gasteiger partial charge in [0.1, 0.15) is 11.4 Å². The first kappa shape index (κ1) is 31.8. The molecular formula is C33H40ClN3O7S. The number of anilines is 2. The molecule has 1 spiro atoms. The first-order valence-corrected chi connectivity index (χ1v) is 16.9. The van der Waals surface area contributed by atoms with Crippen LogP contribution in [0.25, 0.3) is 0 Å². The largest absolute Gasteiger partial charge is 0.490 e. The lowest BCUT2D eigenvalue weighted by Crippen LogP contribution is -2.52. The number of amides is 2. The molecule has 2 aromatic carbocycles. The van der Waals surface area contributed by atoms with Gasteiger partial charge in [0.05, 0.1) is 37.7 Å². The van der Waals surface area contributed by atoms with E-state index in [2.05, 4.69) is 22.3 Å². The van der Waals surface area contributed by atoms with E-state index in [1.807, 2.05) is 12.1 Å². The monoisotopic (exact) mass is 657 g/mol. The van der Waals surface area contributed by atoms with Crippen LogP contribution in [0.15, 0.2) is 48.6 Å². The number of nitrogens with zero attached hydrogens (tertiary/aromatic N) is 2. The molecule has 1 saturated carbocycles. The molecule has 45 heavy (non-hydrogen) atoms. The van der Waals surface area contributed by atoms with Gasteiger partial charge in [0.15, 0.2) is 0 Å². The van der Waals surface area contributed by atoms with E-state index in [4.69, 9.17) is 25.8 Å². The van der Waals surface area contributed by atoms with Crippen LogP contribution < -0.4 is 19.3 Å². The average molecular weight is 658 g/mol. The second-order valence-corrected chi connectivity index (χ2v) is 14.3. The van der Waals surface area contributed by atoms with Crippen LogP contribution in [0.5, 0.6) is 5.75 Å². The Hall–Kier alpha value is -3.12. The number of aryl methyl sites for hydroxylation is 1. The number of carbonyl (C=O) groups excluding carboxylic acids is 2. The maximum atomic E-state index is 13.7. The van der Waals surface area contributed by atoms with E-state index in [1.165, 1.54) is 18.2 Å². The molecule has 2 aliphatic carbocycles. The second-order valence-electron chi connectivity index (χ2n) is 13.0. The minimum absolute atomic E-state index is 0.0669. The van der Waals surface area contributed by atoms with E-state index in [1.54, 1.807) is 38.1 Å². The summed E-state index contributed by atoms with van der Waals surface area (Å²) in [5, 5.41) is 3.70. The molecular weight excluding hydrogens is 618 g/mol. The van der Waals surface area contributed by atoms with Gasteiger partial charge >= 0.3 is 6.09 Å². The molecule has 10 nitrogen and oxygen atoms in total. The summed E-state index contributed by atoms with van der Waals surface area (Å²) in [7, 11) is 1.35. The van der Waals surface area contributed by atoms with E-state index in [-0.39, 0.29) is 35.6 Å². The Morgan fingerprint density at radius 2 is 2.02 bits per heavy atom. The molecule has 0 radical (unpaired) electrons. The van der Waals surface area contributed by atoms with Crippen molar-refractivity contribution >= 4 is 46.2 Å². The summed E-state index contributed by atoms with van der Waals surface area (Å²) in [6.45, 7) is 4.99. The molecule has 5 atom stereocenters. The molecule has 6 rings (SSSR count). The van der Waals surface area contributed by atoms with E-state index in [0.29, 0.717) is 30.5 Å². The van der Waals surface area contributed by atoms with Crippen LogP contribution in [0.2, 0.25) is 5.02 Å². The summed E-state index contributed by atoms with van der Waals surface area (Å²) in [4.78, 5) is 28.4. The van der Waals surface area contributed by atoms with Crippen molar-refractivity contribution in [1.82, 2.24) is 5.32 Å². The van der Waals surface area contributed by atoms with E-state index in [9.17, 15) is 18.4 Å². The molecule has 2 N–H and O–H groups in total. The molecule has 12 heteroatoms. The van der Waals surface area contributed by atoms with Crippen molar-refractivity contribution in [3.05, 3.63) is 64.7 Å². The number of hydrogen-bond acceptors (Lipinski definition) is 7. The molecule has 0 aromatic heterocycles. The highest BCUT2D eigenvalue weighted by atomic mass is 35.5. The number of hydrogen-bond donors (Lipinski definition) is 2. The fourth-order valence-corrected chi connectivity index (χ4v) is 8.19. The number of nitrogens with one attached hydrogen (secondary N) is 1. The van der Waals surface area contributed by atoms with Gasteiger partial charge in [-0.3, -0.25) is 9.35 Å². The van der Waals surface area contributed by atoms with Crippen LogP contribution in [0.3, 0.4) is 0 Å². The van der Waals surface area contributed by atoms with Gasteiger partial charge in [0, 0.05) is 23.5 Å². The molecule has 2 heterocycles. The van der Waals surface area contributed by atoms with E-state index >= 15 is 0 Å². The zero-order valence-electron chi connectivity index (χ0n) is 25.8. The fourth-order valence-electron chi connectivity index (χ4n) is 7.34. The van der Waals surface area contributed by atoms with Crippen LogP contribution in [0, 0.1) is 11.8 Å². The Kier molecular flexibility index (Phi) is 8.91. The van der Waals surface area contributed by atoms with Crippen molar-refractivity contribution in [2.75, 3.05) is 42.6 Å². The first-order chi connectivity index (χ1) is 21.5. The molecule has 0 saturated heterocycles. The van der Waals surface area contributed by atoms with Gasteiger partial charge < -0.3 is 24.4 Å². The zero-order valence-corrected chi connectivity index (χ0v) is 27.4. The summed E-state index contributed by atoms with van der Waals surface area (Å²) in [5.41, 5.74) is 1.75. The number of ether oxygens (including phenoxy) is 3. The molecule has 1 unspecified atom stereocenters. The first-order valence-electron chi connectivity index (χ1n) is 15.4. The third-order valence-electron chi connectivity index (χ3n) is 9.86. The molecule has 2 amide bonds. The highest BCUT2D eigenvalue weighted by molar-refractivity contribution is 7.81. The summed E-state index contributed by atoms with van der Waals surface area (Å²) < 4.78 is 41.4. The Bertz CT molecular complexity index is 1530. The van der Waals surface area contributed by atoms with Crippen LogP contribution in [-0.2, 0) is 37.4 Å². The number of benzene rings is 2. The van der Waals surface area contributed by atoms with Crippen molar-refractivity contribution in [2.45, 2.75) is 63.0 Å². The quantitative estimate of drug-likeness (QED) is 0.326. The van der Waals surface area contributed by atoms with Crippen LogP contribution in [0.1, 0.15) is 50.7 Å². The van der Waals surface area contributed by atoms with E-state index < -0.39 is 28.9 Å². The predicted molar refractivity (Wildman–Crippen MR) is 173 cm³/mol. The number of methoxy groups -OCH3 is 1. The third-order valence-corrected chi connectivity index (χ3v) is 10.8. The smallest absolute Gasteiger partial charge is 0.407 e. The van der Waals surface area contributed by atoms with Crippen molar-refractivity contribution in [3.8, 4) is 5.75 Å². The standard InChI is InChI=1S/C33H40ClN3O7S/c1-32(2)30(38)37(45(40)41)24-10-13-29-28(17-24)36(18-22-8-11-25(22)27(7-5-15-44-32)35-31(39)42-3)19-33(20-43-29)14-4-6-21-16-23(34)9-12-26(21)33/h5,7,9-10,12-13,16-17,22,25,27H,4,6,8,11,14-15,18-20H2,1-3H3,(H,35,39)(H,40,41)/b7-5+/t22-,25+,27+,33-/m0/s1. The minimum Gasteiger partial charge on any atom is -0.490 e. The number of rotatable bonds is 2. The highest BCUT2D eigenvalue weighted by Gasteiger charge is 2.45. The number of alkyl carbamates (subject to hydrolysis) is 1. The molecule has 2 aliphatic heterocycles. The SMILES string of the molecule is COC(=O)N[C@@H]1/C=C/COC(C)(C)C(=O)N(S(=O)O)c2ccc3c(c2)N(C[C@@H]2CC[C@H]21)C[C@@]1(CCCc2cc(Cl)ccc21)CO3. The van der Waals surface area contributed by atoms with Gasteiger partial charge in [-0.05, 0) is 99.2 Å². The molecule has 4 aliphatic rings. The minimum atomic E-state index is -2.65. The van der Waals surface area contributed by atoms with Gasteiger partial charge in [-0.15, -0.1) is 0 Å². The van der Waals surface area contributed by atoms with Crippen molar-refractivity contribution in [1.29, 1.82) is 0 Å². The number of halogens is 1. The average Bonchev–Trinajstić information content (AvgIpc) is 3.13. The maximum Gasteiger partial charge on any atom is 0.407 e. The molecule has 2 aromatic rings. The van der Waals surface area contributed by atoms with Crippen molar-refractivity contribution in [2.24, 2.45) is 11.8 Å². The fraction of sp³-hybridized carbons (Fsp3) is 0.515. The van der Waals surface area contributed by atoms with Crippen LogP contribution >= 0.6 is 11.6 Å². The van der Waals surface area contributed by atoms with Gasteiger partial charge in [-0.2, -0.15) is 0 Å². The van der Waals surface area contributed by atoms with Crippen molar-refractivity contribution in [3.63, 3.8) is 0 Å². The molecule has 1 fully saturated rings. The van der Waals surface area contributed by atoms with Gasteiger partial charge in [-0.25, -0.2) is 13.3 Å². The summed E-state index contributed by atoms with van der Waals surface area (Å²) in [6, 6.07) is 11.0. The molecule has 2 bridgehead atoms. The Morgan fingerprint density at radius 1 is 1.20 bits per heavy atom. The lowest BCUT2D eigenvalue weighted by molar-refractivity contribution is -0.137. The molecule has 242 valence electrons. The highest BCUT2D eigenvalue weighted by Crippen LogP contribution is 2.47. The Labute approximate surface area is 271 Å². The Morgan fingerprint density at radius 3 is 2.76 bits per heavy atom. The van der Waals surface area contributed by atoms with Crippen LogP contribution in [-0.4, -0.2) is 65.8 Å². The lowest BCUT2D eigenvalue weighted by Gasteiger charge is -2.46. The third kappa shape index (κ3) is 6.19. The van der Waals surface area contributed by atoms with Gasteiger partial charge in [0.2, 0.25) is 0 Å². The topological polar surface area (TPSA) is 118 Å².